The summed E-state index contributed by atoms with van der Waals surface area (Å²) in [6.07, 6.45) is -0.127. The first-order chi connectivity index (χ1) is 11.2. The predicted octanol–water partition coefficient (Wildman–Crippen LogP) is 2.97. The largest absolute Gasteiger partial charge is 0.464 e. The van der Waals surface area contributed by atoms with E-state index in [9.17, 15) is 14.7 Å². The molecule has 1 heterocycles. The molecule has 132 valence electrons. The van der Waals surface area contributed by atoms with Gasteiger partial charge in [0.15, 0.2) is 6.10 Å². The molecule has 24 heavy (non-hydrogen) atoms. The molecule has 1 aliphatic rings. The molecule has 1 N–H and O–H groups in total. The average Bonchev–Trinajstić information content (AvgIpc) is 2.51. The van der Waals surface area contributed by atoms with Gasteiger partial charge in [0.05, 0.1) is 12.3 Å². The topological polar surface area (TPSA) is 76.1 Å². The van der Waals surface area contributed by atoms with Gasteiger partial charge in [-0.25, -0.2) is 9.59 Å². The maximum atomic E-state index is 12.4. The number of benzene rings is 1. The van der Waals surface area contributed by atoms with Crippen LogP contribution in [0.25, 0.3) is 0 Å². The van der Waals surface area contributed by atoms with E-state index in [-0.39, 0.29) is 12.7 Å². The lowest BCUT2D eigenvalue weighted by molar-refractivity contribution is -0.153. The first-order valence-corrected chi connectivity index (χ1v) is 8.21. The highest BCUT2D eigenvalue weighted by Gasteiger charge is 2.28. The minimum absolute atomic E-state index is 0.216. The Bertz CT molecular complexity index is 620. The van der Waals surface area contributed by atoms with Crippen LogP contribution in [0.15, 0.2) is 18.2 Å². The maximum Gasteiger partial charge on any atom is 0.414 e. The van der Waals surface area contributed by atoms with Crippen LogP contribution in [-0.2, 0) is 20.7 Å². The van der Waals surface area contributed by atoms with Crippen molar-refractivity contribution in [2.24, 2.45) is 0 Å². The quantitative estimate of drug-likeness (QED) is 0.860. The van der Waals surface area contributed by atoms with Crippen LogP contribution in [0, 0.1) is 0 Å². The minimum atomic E-state index is -1.31. The molecule has 0 radical (unpaired) electrons. The summed E-state index contributed by atoms with van der Waals surface area (Å²) in [6.45, 7) is 7.98. The van der Waals surface area contributed by atoms with Crippen LogP contribution in [0.3, 0.4) is 0 Å². The lowest BCUT2D eigenvalue weighted by Gasteiger charge is -2.32. The number of carbonyl (C=O) groups is 2. The number of rotatable bonds is 3. The van der Waals surface area contributed by atoms with Crippen molar-refractivity contribution in [2.75, 3.05) is 18.1 Å². The Morgan fingerprint density at radius 2 is 2.04 bits per heavy atom. The first kappa shape index (κ1) is 18.3. The molecule has 0 aromatic heterocycles. The summed E-state index contributed by atoms with van der Waals surface area (Å²) in [5.74, 6) is -0.669. The van der Waals surface area contributed by atoms with Crippen molar-refractivity contribution < 1.29 is 24.2 Å². The highest BCUT2D eigenvalue weighted by molar-refractivity contribution is 5.89. The molecule has 0 fully saturated rings. The van der Waals surface area contributed by atoms with Crippen LogP contribution in [0.4, 0.5) is 10.5 Å². The normalized spacial score (nSPS) is 15.5. The Morgan fingerprint density at radius 1 is 1.33 bits per heavy atom. The van der Waals surface area contributed by atoms with Gasteiger partial charge < -0.3 is 14.6 Å². The second-order valence-corrected chi connectivity index (χ2v) is 6.78. The number of aryl methyl sites for hydroxylation is 1. The highest BCUT2D eigenvalue weighted by atomic mass is 16.6. The molecule has 1 aliphatic heterocycles. The Labute approximate surface area is 142 Å². The summed E-state index contributed by atoms with van der Waals surface area (Å²) in [5, 5.41) is 10.1. The SMILES string of the molecule is CCOC(=O)C(O)c1ccc2c(c1)CCCN2C(=O)OC(C)(C)C. The zero-order valence-corrected chi connectivity index (χ0v) is 14.7. The molecular formula is C18H25NO5. The molecule has 0 bridgehead atoms. The molecule has 1 aromatic rings. The number of ether oxygens (including phenoxy) is 2. The molecule has 1 aromatic carbocycles. The second-order valence-electron chi connectivity index (χ2n) is 6.78. The molecule has 6 heteroatoms. The van der Waals surface area contributed by atoms with Gasteiger partial charge in [0.25, 0.3) is 0 Å². The van der Waals surface area contributed by atoms with E-state index < -0.39 is 17.7 Å². The van der Waals surface area contributed by atoms with E-state index in [1.807, 2.05) is 20.8 Å². The number of aliphatic hydroxyl groups is 1. The number of hydrogen-bond acceptors (Lipinski definition) is 5. The van der Waals surface area contributed by atoms with E-state index in [1.165, 1.54) is 0 Å². The fourth-order valence-corrected chi connectivity index (χ4v) is 2.65. The first-order valence-electron chi connectivity index (χ1n) is 8.21. The zero-order valence-electron chi connectivity index (χ0n) is 14.7. The number of hydrogen-bond donors (Lipinski definition) is 1. The second kappa shape index (κ2) is 7.21. The summed E-state index contributed by atoms with van der Waals surface area (Å²) >= 11 is 0. The molecular weight excluding hydrogens is 310 g/mol. The van der Waals surface area contributed by atoms with Crippen LogP contribution in [-0.4, -0.2) is 35.9 Å². The van der Waals surface area contributed by atoms with Crippen molar-refractivity contribution >= 4 is 17.7 Å². The fourth-order valence-electron chi connectivity index (χ4n) is 2.65. The van der Waals surface area contributed by atoms with Gasteiger partial charge in [0.1, 0.15) is 5.60 Å². The van der Waals surface area contributed by atoms with Crippen molar-refractivity contribution in [3.8, 4) is 0 Å². The minimum Gasteiger partial charge on any atom is -0.464 e. The van der Waals surface area contributed by atoms with Crippen molar-refractivity contribution in [3.63, 3.8) is 0 Å². The number of nitrogens with zero attached hydrogens (tertiary/aromatic N) is 1. The van der Waals surface area contributed by atoms with E-state index in [2.05, 4.69) is 0 Å². The fraction of sp³-hybridized carbons (Fsp3) is 0.556. The summed E-state index contributed by atoms with van der Waals surface area (Å²) in [6, 6.07) is 5.15. The molecule has 1 unspecified atom stereocenters. The molecule has 0 aliphatic carbocycles. The van der Waals surface area contributed by atoms with Crippen LogP contribution >= 0.6 is 0 Å². The van der Waals surface area contributed by atoms with Crippen molar-refractivity contribution in [1.29, 1.82) is 0 Å². The number of amides is 1. The monoisotopic (exact) mass is 335 g/mol. The van der Waals surface area contributed by atoms with Gasteiger partial charge in [0.2, 0.25) is 0 Å². The third-order valence-corrected chi connectivity index (χ3v) is 3.66. The number of fused-ring (bicyclic) bond motifs is 1. The third-order valence-electron chi connectivity index (χ3n) is 3.66. The Hall–Kier alpha value is -2.08. The van der Waals surface area contributed by atoms with Gasteiger partial charge in [0, 0.05) is 6.54 Å². The van der Waals surface area contributed by atoms with Gasteiger partial charge in [-0.3, -0.25) is 4.90 Å². The van der Waals surface area contributed by atoms with Crippen molar-refractivity contribution in [2.45, 2.75) is 52.2 Å². The number of aliphatic hydroxyl groups excluding tert-OH is 1. The smallest absolute Gasteiger partial charge is 0.414 e. The average molecular weight is 335 g/mol. The molecule has 0 saturated heterocycles. The number of carbonyl (C=O) groups excluding carboxylic acids is 2. The van der Waals surface area contributed by atoms with Gasteiger partial charge >= 0.3 is 12.1 Å². The molecule has 0 saturated carbocycles. The predicted molar refractivity (Wildman–Crippen MR) is 89.9 cm³/mol. The van der Waals surface area contributed by atoms with Gasteiger partial charge in [-0.1, -0.05) is 12.1 Å². The van der Waals surface area contributed by atoms with Crippen LogP contribution in [0.5, 0.6) is 0 Å². The van der Waals surface area contributed by atoms with Crippen LogP contribution in [0.2, 0.25) is 0 Å². The van der Waals surface area contributed by atoms with E-state index >= 15 is 0 Å². The lowest BCUT2D eigenvalue weighted by atomic mass is 9.97. The molecule has 1 atom stereocenters. The number of esters is 1. The third kappa shape index (κ3) is 4.26. The van der Waals surface area contributed by atoms with Gasteiger partial charge in [-0.05, 0) is 57.7 Å². The molecule has 6 nitrogen and oxygen atoms in total. The van der Waals surface area contributed by atoms with Crippen molar-refractivity contribution in [1.82, 2.24) is 0 Å². The zero-order chi connectivity index (χ0) is 17.9. The van der Waals surface area contributed by atoms with Gasteiger partial charge in [-0.15, -0.1) is 0 Å². The maximum absolute atomic E-state index is 12.4. The summed E-state index contributed by atoms with van der Waals surface area (Å²) in [7, 11) is 0. The molecule has 2 rings (SSSR count). The lowest BCUT2D eigenvalue weighted by Crippen LogP contribution is -2.39. The van der Waals surface area contributed by atoms with E-state index in [0.717, 1.165) is 24.1 Å². The van der Waals surface area contributed by atoms with Crippen LogP contribution in [0.1, 0.15) is 51.3 Å². The van der Waals surface area contributed by atoms with E-state index in [4.69, 9.17) is 9.47 Å². The van der Waals surface area contributed by atoms with Gasteiger partial charge in [-0.2, -0.15) is 0 Å². The van der Waals surface area contributed by atoms with Crippen LogP contribution < -0.4 is 4.90 Å². The summed E-state index contributed by atoms with van der Waals surface area (Å²) in [5.41, 5.74) is 1.58. The Morgan fingerprint density at radius 3 is 2.67 bits per heavy atom. The molecule has 0 spiro atoms. The van der Waals surface area contributed by atoms with E-state index in [0.29, 0.717) is 12.1 Å². The standard InChI is InChI=1S/C18H25NO5/c1-5-23-16(21)15(20)13-8-9-14-12(11-13)7-6-10-19(14)17(22)24-18(2,3)4/h8-9,11,15,20H,5-7,10H2,1-4H3. The highest BCUT2D eigenvalue weighted by Crippen LogP contribution is 2.31. The number of anilines is 1. The Kier molecular flexibility index (Phi) is 5.49. The summed E-state index contributed by atoms with van der Waals surface area (Å²) < 4.78 is 10.3. The Balaban J connectivity index is 2.23. The molecule has 1 amide bonds. The van der Waals surface area contributed by atoms with E-state index in [1.54, 1.807) is 30.0 Å². The summed E-state index contributed by atoms with van der Waals surface area (Å²) in [4.78, 5) is 25.7. The van der Waals surface area contributed by atoms with Crippen molar-refractivity contribution in [3.05, 3.63) is 29.3 Å².